The third-order valence-corrected chi connectivity index (χ3v) is 6.50. The van der Waals surface area contributed by atoms with Gasteiger partial charge in [-0.05, 0) is 68.3 Å². The molecule has 0 aliphatic heterocycles. The van der Waals surface area contributed by atoms with E-state index in [4.69, 9.17) is 9.47 Å². The molecule has 0 saturated heterocycles. The van der Waals surface area contributed by atoms with Crippen LogP contribution in [0, 0.1) is 20.8 Å². The molecule has 9 nitrogen and oxygen atoms in total. The van der Waals surface area contributed by atoms with E-state index in [9.17, 15) is 8.42 Å². The molecule has 0 saturated carbocycles. The lowest BCUT2D eigenvalue weighted by Crippen LogP contribution is -2.29. The molecular formula is C23H29N5O4S. The molecule has 3 N–H and O–H groups in total. The normalized spacial score (nSPS) is 11.2. The minimum atomic E-state index is -3.66. The molecule has 0 amide bonds. The summed E-state index contributed by atoms with van der Waals surface area (Å²) in [6.07, 6.45) is 0. The minimum Gasteiger partial charge on any atom is -0.497 e. The smallest absolute Gasteiger partial charge is 0.240 e. The maximum Gasteiger partial charge on any atom is 0.240 e. The summed E-state index contributed by atoms with van der Waals surface area (Å²) in [5, 5.41) is 6.29. The van der Waals surface area contributed by atoms with Crippen LogP contribution in [0.2, 0.25) is 0 Å². The fourth-order valence-electron chi connectivity index (χ4n) is 3.24. The second kappa shape index (κ2) is 10.5. The number of sulfonamides is 1. The van der Waals surface area contributed by atoms with Gasteiger partial charge < -0.3 is 20.1 Å². The van der Waals surface area contributed by atoms with Gasteiger partial charge in [-0.15, -0.1) is 0 Å². The van der Waals surface area contributed by atoms with Crippen molar-refractivity contribution in [3.05, 3.63) is 59.3 Å². The SMILES string of the molecule is COc1ccc(Nc2cc(C)nc(NCCNS(=O)(=O)c3cc(C)c(OC)cc3C)n2)cc1. The molecule has 0 aliphatic rings. The van der Waals surface area contributed by atoms with Gasteiger partial charge in [-0.25, -0.2) is 18.1 Å². The van der Waals surface area contributed by atoms with E-state index in [-0.39, 0.29) is 11.4 Å². The molecule has 1 heterocycles. The number of aryl methyl sites for hydroxylation is 3. The van der Waals surface area contributed by atoms with E-state index in [2.05, 4.69) is 25.3 Å². The Bertz CT molecular complexity index is 1210. The van der Waals surface area contributed by atoms with Crippen LogP contribution in [-0.4, -0.2) is 45.7 Å². The van der Waals surface area contributed by atoms with Crippen LogP contribution in [0.25, 0.3) is 0 Å². The topological polar surface area (TPSA) is 114 Å². The van der Waals surface area contributed by atoms with Crippen molar-refractivity contribution in [2.75, 3.05) is 37.9 Å². The molecule has 0 aliphatic carbocycles. The van der Waals surface area contributed by atoms with E-state index >= 15 is 0 Å². The van der Waals surface area contributed by atoms with Gasteiger partial charge in [0, 0.05) is 30.5 Å². The lowest BCUT2D eigenvalue weighted by molar-refractivity contribution is 0.411. The van der Waals surface area contributed by atoms with E-state index in [0.717, 1.165) is 22.7 Å². The number of rotatable bonds is 10. The molecule has 3 rings (SSSR count). The molecule has 2 aromatic carbocycles. The summed E-state index contributed by atoms with van der Waals surface area (Å²) in [6, 6.07) is 12.7. The monoisotopic (exact) mass is 471 g/mol. The highest BCUT2D eigenvalue weighted by molar-refractivity contribution is 7.89. The molecule has 0 fully saturated rings. The lowest BCUT2D eigenvalue weighted by Gasteiger charge is -2.13. The zero-order chi connectivity index (χ0) is 24.0. The molecule has 0 spiro atoms. The first-order chi connectivity index (χ1) is 15.7. The Hall–Kier alpha value is -3.37. The highest BCUT2D eigenvalue weighted by Gasteiger charge is 2.18. The number of hydrogen-bond donors (Lipinski definition) is 3. The predicted molar refractivity (Wildman–Crippen MR) is 129 cm³/mol. The van der Waals surface area contributed by atoms with Crippen molar-refractivity contribution in [1.82, 2.24) is 14.7 Å². The number of hydrogen-bond acceptors (Lipinski definition) is 8. The van der Waals surface area contributed by atoms with Crippen LogP contribution in [0.5, 0.6) is 11.5 Å². The van der Waals surface area contributed by atoms with Crippen LogP contribution >= 0.6 is 0 Å². The van der Waals surface area contributed by atoms with Crippen molar-refractivity contribution >= 4 is 27.5 Å². The van der Waals surface area contributed by atoms with Gasteiger partial charge in [0.25, 0.3) is 0 Å². The molecular weight excluding hydrogens is 442 g/mol. The first-order valence-corrected chi connectivity index (χ1v) is 11.9. The first-order valence-electron chi connectivity index (χ1n) is 10.4. The number of nitrogens with zero attached hydrogens (tertiary/aromatic N) is 2. The van der Waals surface area contributed by atoms with Crippen molar-refractivity contribution < 1.29 is 17.9 Å². The second-order valence-electron chi connectivity index (χ2n) is 7.48. The quantitative estimate of drug-likeness (QED) is 0.385. The minimum absolute atomic E-state index is 0.172. The van der Waals surface area contributed by atoms with Crippen LogP contribution in [-0.2, 0) is 10.0 Å². The van der Waals surface area contributed by atoms with Gasteiger partial charge in [0.1, 0.15) is 17.3 Å². The van der Waals surface area contributed by atoms with Crippen LogP contribution in [0.3, 0.4) is 0 Å². The molecule has 33 heavy (non-hydrogen) atoms. The first kappa shape index (κ1) is 24.3. The largest absolute Gasteiger partial charge is 0.497 e. The molecule has 0 atom stereocenters. The maximum absolute atomic E-state index is 12.7. The number of nitrogens with one attached hydrogen (secondary N) is 3. The van der Waals surface area contributed by atoms with E-state index in [0.29, 0.717) is 29.6 Å². The Balaban J connectivity index is 1.60. The number of ether oxygens (including phenoxy) is 2. The fraction of sp³-hybridized carbons (Fsp3) is 0.304. The van der Waals surface area contributed by atoms with Gasteiger partial charge >= 0.3 is 0 Å². The summed E-state index contributed by atoms with van der Waals surface area (Å²) in [4.78, 5) is 9.05. The summed E-state index contributed by atoms with van der Waals surface area (Å²) in [5.74, 6) is 2.45. The molecule has 0 bridgehead atoms. The summed E-state index contributed by atoms with van der Waals surface area (Å²) < 4.78 is 38.5. The van der Waals surface area contributed by atoms with Gasteiger partial charge in [0.05, 0.1) is 19.1 Å². The van der Waals surface area contributed by atoms with E-state index < -0.39 is 10.0 Å². The number of methoxy groups -OCH3 is 2. The Morgan fingerprint density at radius 1 is 0.879 bits per heavy atom. The predicted octanol–water partition coefficient (Wildman–Crippen LogP) is 3.55. The Morgan fingerprint density at radius 3 is 2.27 bits per heavy atom. The van der Waals surface area contributed by atoms with Gasteiger partial charge in [-0.2, -0.15) is 4.98 Å². The Morgan fingerprint density at radius 2 is 1.61 bits per heavy atom. The van der Waals surface area contributed by atoms with Crippen LogP contribution < -0.4 is 24.8 Å². The Kier molecular flexibility index (Phi) is 7.72. The van der Waals surface area contributed by atoms with Crippen LogP contribution in [0.15, 0.2) is 47.4 Å². The third-order valence-electron chi connectivity index (χ3n) is 4.90. The molecule has 0 radical (unpaired) electrons. The van der Waals surface area contributed by atoms with Gasteiger partial charge in [0.15, 0.2) is 0 Å². The van der Waals surface area contributed by atoms with Crippen LogP contribution in [0.1, 0.15) is 16.8 Å². The molecule has 1 aromatic heterocycles. The van der Waals surface area contributed by atoms with Crippen molar-refractivity contribution in [3.8, 4) is 11.5 Å². The average Bonchev–Trinajstić information content (AvgIpc) is 2.78. The third kappa shape index (κ3) is 6.33. The Labute approximate surface area is 194 Å². The summed E-state index contributed by atoms with van der Waals surface area (Å²) in [7, 11) is -0.485. The van der Waals surface area contributed by atoms with Crippen LogP contribution in [0.4, 0.5) is 17.5 Å². The highest BCUT2D eigenvalue weighted by Crippen LogP contribution is 2.25. The number of aromatic nitrogens is 2. The van der Waals surface area contributed by atoms with E-state index in [1.807, 2.05) is 44.2 Å². The van der Waals surface area contributed by atoms with Gasteiger partial charge in [-0.1, -0.05) is 0 Å². The standard InChI is InChI=1S/C23H29N5O4S/c1-15-13-21(16(2)12-20(15)32-5)33(29,30)25-11-10-24-23-26-17(3)14-22(28-23)27-18-6-8-19(31-4)9-7-18/h6-9,12-14,25H,10-11H2,1-5H3,(H2,24,26,27,28). The van der Waals surface area contributed by atoms with Crippen molar-refractivity contribution in [3.63, 3.8) is 0 Å². The zero-order valence-corrected chi connectivity index (χ0v) is 20.2. The lowest BCUT2D eigenvalue weighted by atomic mass is 10.1. The van der Waals surface area contributed by atoms with Crippen molar-refractivity contribution in [2.24, 2.45) is 0 Å². The zero-order valence-electron chi connectivity index (χ0n) is 19.4. The molecule has 10 heteroatoms. The van der Waals surface area contributed by atoms with Gasteiger partial charge in [0.2, 0.25) is 16.0 Å². The summed E-state index contributed by atoms with van der Waals surface area (Å²) in [5.41, 5.74) is 3.01. The van der Waals surface area contributed by atoms with Crippen molar-refractivity contribution in [2.45, 2.75) is 25.7 Å². The maximum atomic E-state index is 12.7. The number of anilines is 3. The molecule has 3 aromatic rings. The fourth-order valence-corrected chi connectivity index (χ4v) is 4.58. The molecule has 176 valence electrons. The summed E-state index contributed by atoms with van der Waals surface area (Å²) >= 11 is 0. The van der Waals surface area contributed by atoms with Gasteiger partial charge in [-0.3, -0.25) is 0 Å². The summed E-state index contributed by atoms with van der Waals surface area (Å²) in [6.45, 7) is 5.91. The second-order valence-corrected chi connectivity index (χ2v) is 9.22. The number of benzene rings is 2. The van der Waals surface area contributed by atoms with E-state index in [1.165, 1.54) is 0 Å². The van der Waals surface area contributed by atoms with E-state index in [1.54, 1.807) is 33.3 Å². The average molecular weight is 472 g/mol. The molecule has 0 unspecified atom stereocenters. The van der Waals surface area contributed by atoms with Crippen molar-refractivity contribution in [1.29, 1.82) is 0 Å². The highest BCUT2D eigenvalue weighted by atomic mass is 32.2.